The van der Waals surface area contributed by atoms with Crippen molar-refractivity contribution in [3.05, 3.63) is 35.4 Å². The molecule has 1 aromatic rings. The van der Waals surface area contributed by atoms with Crippen molar-refractivity contribution in [1.29, 1.82) is 0 Å². The average molecular weight is 277 g/mol. The van der Waals surface area contributed by atoms with E-state index in [-0.39, 0.29) is 6.61 Å². The number of rotatable bonds is 5. The van der Waals surface area contributed by atoms with Gasteiger partial charge in [-0.1, -0.05) is 24.3 Å². The monoisotopic (exact) mass is 277 g/mol. The standard InChI is InChI=1S/C16H23NO3/c1-12-4-2-3-5-15(12)13-6-8-17(9-7-13)10-14(11-18)16(19)20/h2-5,13-14,18H,6-11H2,1H3,(H,19,20). The van der Waals surface area contributed by atoms with Gasteiger partial charge in [0.2, 0.25) is 0 Å². The van der Waals surface area contributed by atoms with Crippen molar-refractivity contribution < 1.29 is 15.0 Å². The zero-order valence-electron chi connectivity index (χ0n) is 12.0. The Hall–Kier alpha value is -1.39. The molecule has 4 nitrogen and oxygen atoms in total. The van der Waals surface area contributed by atoms with Crippen LogP contribution in [0, 0.1) is 12.8 Å². The van der Waals surface area contributed by atoms with Gasteiger partial charge in [-0.05, 0) is 49.9 Å². The predicted octanol–water partition coefficient (Wildman–Crippen LogP) is 1.87. The molecule has 1 aliphatic heterocycles. The summed E-state index contributed by atoms with van der Waals surface area (Å²) in [4.78, 5) is 13.1. The number of aryl methyl sites for hydroxylation is 1. The summed E-state index contributed by atoms with van der Waals surface area (Å²) in [5.41, 5.74) is 2.76. The molecule has 0 saturated carbocycles. The molecule has 0 aromatic heterocycles. The van der Waals surface area contributed by atoms with Gasteiger partial charge < -0.3 is 15.1 Å². The number of nitrogens with zero attached hydrogens (tertiary/aromatic N) is 1. The van der Waals surface area contributed by atoms with E-state index < -0.39 is 11.9 Å². The molecule has 1 atom stereocenters. The van der Waals surface area contributed by atoms with E-state index in [1.165, 1.54) is 11.1 Å². The Morgan fingerprint density at radius 1 is 1.35 bits per heavy atom. The third-order valence-electron chi connectivity index (χ3n) is 4.26. The molecule has 1 aromatic carbocycles. The third-order valence-corrected chi connectivity index (χ3v) is 4.26. The van der Waals surface area contributed by atoms with Gasteiger partial charge in [-0.3, -0.25) is 4.79 Å². The van der Waals surface area contributed by atoms with Gasteiger partial charge in [-0.15, -0.1) is 0 Å². The maximum atomic E-state index is 10.9. The summed E-state index contributed by atoms with van der Waals surface area (Å²) in [7, 11) is 0. The molecule has 20 heavy (non-hydrogen) atoms. The van der Waals surface area contributed by atoms with Crippen LogP contribution in [0.15, 0.2) is 24.3 Å². The summed E-state index contributed by atoms with van der Waals surface area (Å²) >= 11 is 0. The summed E-state index contributed by atoms with van der Waals surface area (Å²) in [5.74, 6) is -0.997. The minimum absolute atomic E-state index is 0.285. The minimum Gasteiger partial charge on any atom is -0.481 e. The quantitative estimate of drug-likeness (QED) is 0.862. The molecule has 0 spiro atoms. The predicted molar refractivity (Wildman–Crippen MR) is 77.8 cm³/mol. The SMILES string of the molecule is Cc1ccccc1C1CCN(CC(CO)C(=O)O)CC1. The Balaban J connectivity index is 1.89. The van der Waals surface area contributed by atoms with Crippen molar-refractivity contribution >= 4 is 5.97 Å². The first-order chi connectivity index (χ1) is 9.61. The van der Waals surface area contributed by atoms with Crippen LogP contribution in [-0.4, -0.2) is 47.3 Å². The number of aliphatic carboxylic acids is 1. The number of hydrogen-bond donors (Lipinski definition) is 2. The number of aliphatic hydroxyl groups is 1. The van der Waals surface area contributed by atoms with E-state index in [0.29, 0.717) is 12.5 Å². The van der Waals surface area contributed by atoms with Gasteiger partial charge in [0.05, 0.1) is 12.5 Å². The molecule has 0 aliphatic carbocycles. The first-order valence-electron chi connectivity index (χ1n) is 7.23. The molecule has 4 heteroatoms. The van der Waals surface area contributed by atoms with E-state index in [1.54, 1.807) is 0 Å². The number of carboxylic acid groups (broad SMARTS) is 1. The number of carbonyl (C=O) groups is 1. The highest BCUT2D eigenvalue weighted by molar-refractivity contribution is 5.70. The molecule has 110 valence electrons. The molecule has 1 unspecified atom stereocenters. The van der Waals surface area contributed by atoms with E-state index in [2.05, 4.69) is 36.1 Å². The summed E-state index contributed by atoms with van der Waals surface area (Å²) in [6.45, 7) is 4.12. The fraction of sp³-hybridized carbons (Fsp3) is 0.562. The van der Waals surface area contributed by atoms with E-state index in [1.807, 2.05) is 0 Å². The van der Waals surface area contributed by atoms with E-state index in [9.17, 15) is 4.79 Å². The molecule has 1 heterocycles. The fourth-order valence-corrected chi connectivity index (χ4v) is 3.00. The van der Waals surface area contributed by atoms with Gasteiger partial charge in [0.15, 0.2) is 0 Å². The Morgan fingerprint density at radius 2 is 2.00 bits per heavy atom. The van der Waals surface area contributed by atoms with Crippen molar-refractivity contribution in [3.8, 4) is 0 Å². The topological polar surface area (TPSA) is 60.8 Å². The molecular formula is C16H23NO3. The molecule has 0 bridgehead atoms. The Kier molecular flexibility index (Phi) is 5.15. The van der Waals surface area contributed by atoms with E-state index in [4.69, 9.17) is 10.2 Å². The fourth-order valence-electron chi connectivity index (χ4n) is 3.00. The molecule has 1 aliphatic rings. The Morgan fingerprint density at radius 3 is 2.55 bits per heavy atom. The van der Waals surface area contributed by atoms with Crippen LogP contribution in [0.25, 0.3) is 0 Å². The largest absolute Gasteiger partial charge is 0.481 e. The molecule has 0 amide bonds. The van der Waals surface area contributed by atoms with Crippen LogP contribution in [0.2, 0.25) is 0 Å². The lowest BCUT2D eigenvalue weighted by Crippen LogP contribution is -2.39. The van der Waals surface area contributed by atoms with Crippen LogP contribution >= 0.6 is 0 Å². The van der Waals surface area contributed by atoms with Crippen molar-refractivity contribution in [2.75, 3.05) is 26.2 Å². The number of piperidine rings is 1. The van der Waals surface area contributed by atoms with Crippen molar-refractivity contribution in [2.24, 2.45) is 5.92 Å². The molecule has 2 rings (SSSR count). The van der Waals surface area contributed by atoms with Crippen LogP contribution < -0.4 is 0 Å². The lowest BCUT2D eigenvalue weighted by atomic mass is 9.86. The van der Waals surface area contributed by atoms with Crippen molar-refractivity contribution in [1.82, 2.24) is 4.90 Å². The molecule has 0 radical (unpaired) electrons. The second-order valence-electron chi connectivity index (χ2n) is 5.65. The number of likely N-dealkylation sites (tertiary alicyclic amines) is 1. The lowest BCUT2D eigenvalue weighted by Gasteiger charge is -2.33. The molecular weight excluding hydrogens is 254 g/mol. The summed E-state index contributed by atoms with van der Waals surface area (Å²) < 4.78 is 0. The second kappa shape index (κ2) is 6.86. The van der Waals surface area contributed by atoms with Gasteiger partial charge in [0.25, 0.3) is 0 Å². The van der Waals surface area contributed by atoms with Crippen LogP contribution in [0.5, 0.6) is 0 Å². The highest BCUT2D eigenvalue weighted by atomic mass is 16.4. The van der Waals surface area contributed by atoms with E-state index in [0.717, 1.165) is 25.9 Å². The van der Waals surface area contributed by atoms with Gasteiger partial charge in [0.1, 0.15) is 0 Å². The highest BCUT2D eigenvalue weighted by Gasteiger charge is 2.25. The third kappa shape index (κ3) is 3.58. The lowest BCUT2D eigenvalue weighted by molar-refractivity contribution is -0.143. The zero-order chi connectivity index (χ0) is 14.5. The van der Waals surface area contributed by atoms with Crippen molar-refractivity contribution in [2.45, 2.75) is 25.7 Å². The van der Waals surface area contributed by atoms with Crippen LogP contribution in [0.1, 0.15) is 29.9 Å². The second-order valence-corrected chi connectivity index (χ2v) is 5.65. The van der Waals surface area contributed by atoms with Gasteiger partial charge in [-0.25, -0.2) is 0 Å². The van der Waals surface area contributed by atoms with Gasteiger partial charge >= 0.3 is 5.97 Å². The van der Waals surface area contributed by atoms with Crippen LogP contribution in [0.3, 0.4) is 0 Å². The van der Waals surface area contributed by atoms with Gasteiger partial charge in [-0.2, -0.15) is 0 Å². The maximum Gasteiger partial charge on any atom is 0.310 e. The van der Waals surface area contributed by atoms with Crippen LogP contribution in [0.4, 0.5) is 0 Å². The normalized spacial score (nSPS) is 18.9. The smallest absolute Gasteiger partial charge is 0.310 e. The maximum absolute atomic E-state index is 10.9. The summed E-state index contributed by atoms with van der Waals surface area (Å²) in [5, 5.41) is 18.1. The first kappa shape index (κ1) is 15.0. The number of aliphatic hydroxyl groups excluding tert-OH is 1. The summed E-state index contributed by atoms with van der Waals surface area (Å²) in [6.07, 6.45) is 2.12. The highest BCUT2D eigenvalue weighted by Crippen LogP contribution is 2.30. The molecule has 1 fully saturated rings. The minimum atomic E-state index is -0.909. The van der Waals surface area contributed by atoms with E-state index >= 15 is 0 Å². The first-order valence-corrected chi connectivity index (χ1v) is 7.23. The summed E-state index contributed by atoms with van der Waals surface area (Å²) in [6, 6.07) is 8.49. The van der Waals surface area contributed by atoms with Crippen LogP contribution in [-0.2, 0) is 4.79 Å². The Bertz CT molecular complexity index is 453. The molecule has 2 N–H and O–H groups in total. The number of hydrogen-bond acceptors (Lipinski definition) is 3. The molecule has 1 saturated heterocycles. The zero-order valence-corrected chi connectivity index (χ0v) is 12.0. The van der Waals surface area contributed by atoms with Gasteiger partial charge in [0, 0.05) is 6.54 Å². The average Bonchev–Trinajstić information content (AvgIpc) is 2.46. The van der Waals surface area contributed by atoms with Crippen molar-refractivity contribution in [3.63, 3.8) is 0 Å². The number of carboxylic acids is 1. The number of benzene rings is 1. The Labute approximate surface area is 120 Å².